The molecule has 4 rings (SSSR count). The summed E-state index contributed by atoms with van der Waals surface area (Å²) in [7, 11) is 0. The molecule has 0 fully saturated rings. The molecule has 1 amide bonds. The van der Waals surface area contributed by atoms with Crippen molar-refractivity contribution in [3.63, 3.8) is 0 Å². The molecular formula is C18H15N5O3. The van der Waals surface area contributed by atoms with Crippen LogP contribution in [0.4, 0.5) is 0 Å². The number of amides is 1. The first-order valence-corrected chi connectivity index (χ1v) is 8.01. The van der Waals surface area contributed by atoms with E-state index < -0.39 is 0 Å². The van der Waals surface area contributed by atoms with Crippen LogP contribution < -0.4 is 5.32 Å². The van der Waals surface area contributed by atoms with E-state index in [0.29, 0.717) is 39.8 Å². The highest BCUT2D eigenvalue weighted by atomic mass is 16.5. The van der Waals surface area contributed by atoms with E-state index >= 15 is 0 Å². The number of aromatic nitrogens is 4. The lowest BCUT2D eigenvalue weighted by molar-refractivity contribution is 0.0948. The maximum absolute atomic E-state index is 12.8. The Hall–Kier alpha value is -3.55. The lowest BCUT2D eigenvalue weighted by Crippen LogP contribution is -2.23. The smallest absolute Gasteiger partial charge is 0.259 e. The predicted octanol–water partition coefficient (Wildman–Crippen LogP) is 2.82. The van der Waals surface area contributed by atoms with Crippen LogP contribution in [0.3, 0.4) is 0 Å². The summed E-state index contributed by atoms with van der Waals surface area (Å²) in [5.41, 5.74) is 2.87. The first-order chi connectivity index (χ1) is 12.6. The first kappa shape index (κ1) is 15.9. The Balaban J connectivity index is 1.72. The van der Waals surface area contributed by atoms with Crippen LogP contribution in [0.1, 0.15) is 27.8 Å². The molecule has 8 nitrogen and oxygen atoms in total. The van der Waals surface area contributed by atoms with Gasteiger partial charge in [-0.25, -0.2) is 4.98 Å². The third kappa shape index (κ3) is 2.92. The normalized spacial score (nSPS) is 11.0. The van der Waals surface area contributed by atoms with Crippen LogP contribution >= 0.6 is 0 Å². The largest absolute Gasteiger partial charge is 0.343 e. The molecule has 8 heteroatoms. The molecule has 0 unspecified atom stereocenters. The van der Waals surface area contributed by atoms with E-state index in [0.717, 1.165) is 5.56 Å². The Morgan fingerprint density at radius 3 is 2.62 bits per heavy atom. The number of pyridine rings is 1. The van der Waals surface area contributed by atoms with Crippen LogP contribution in [-0.2, 0) is 6.54 Å². The molecule has 130 valence electrons. The molecule has 0 aliphatic heterocycles. The van der Waals surface area contributed by atoms with Crippen molar-refractivity contribution in [3.05, 3.63) is 59.4 Å². The summed E-state index contributed by atoms with van der Waals surface area (Å²) in [4.78, 5) is 21.3. The van der Waals surface area contributed by atoms with Gasteiger partial charge in [-0.05, 0) is 19.9 Å². The average Bonchev–Trinajstić information content (AvgIpc) is 3.25. The highest BCUT2D eigenvalue weighted by Gasteiger charge is 2.19. The van der Waals surface area contributed by atoms with E-state index in [1.807, 2.05) is 30.3 Å². The van der Waals surface area contributed by atoms with Gasteiger partial charge in [0.15, 0.2) is 5.82 Å². The van der Waals surface area contributed by atoms with Crippen LogP contribution in [0.2, 0.25) is 0 Å². The van der Waals surface area contributed by atoms with E-state index in [1.165, 1.54) is 0 Å². The van der Waals surface area contributed by atoms with Gasteiger partial charge in [-0.2, -0.15) is 4.98 Å². The third-order valence-corrected chi connectivity index (χ3v) is 3.90. The number of hydrogen-bond donors (Lipinski definition) is 1. The number of hydrogen-bond acceptors (Lipinski definition) is 7. The molecule has 0 bridgehead atoms. The van der Waals surface area contributed by atoms with E-state index in [9.17, 15) is 4.79 Å². The summed E-state index contributed by atoms with van der Waals surface area (Å²) in [6.45, 7) is 3.62. The van der Waals surface area contributed by atoms with E-state index in [4.69, 9.17) is 9.05 Å². The van der Waals surface area contributed by atoms with Crippen molar-refractivity contribution in [1.29, 1.82) is 0 Å². The average molecular weight is 349 g/mol. The van der Waals surface area contributed by atoms with Gasteiger partial charge in [0.25, 0.3) is 11.6 Å². The molecule has 0 saturated heterocycles. The number of benzene rings is 1. The molecule has 1 aromatic carbocycles. The van der Waals surface area contributed by atoms with Crippen LogP contribution in [0.25, 0.3) is 22.4 Å². The molecule has 4 aromatic rings. The molecule has 0 radical (unpaired) electrons. The Labute approximate surface area is 148 Å². The molecule has 0 saturated carbocycles. The zero-order chi connectivity index (χ0) is 18.1. The monoisotopic (exact) mass is 349 g/mol. The molecule has 0 atom stereocenters. The lowest BCUT2D eigenvalue weighted by Gasteiger charge is -2.07. The quantitative estimate of drug-likeness (QED) is 0.603. The minimum absolute atomic E-state index is 0.133. The van der Waals surface area contributed by atoms with Gasteiger partial charge in [0.1, 0.15) is 0 Å². The summed E-state index contributed by atoms with van der Waals surface area (Å²) in [6, 6.07) is 11.3. The van der Waals surface area contributed by atoms with E-state index in [-0.39, 0.29) is 12.5 Å². The highest BCUT2D eigenvalue weighted by molar-refractivity contribution is 6.06. The van der Waals surface area contributed by atoms with E-state index in [2.05, 4.69) is 25.6 Å². The number of nitrogens with one attached hydrogen (secondary N) is 1. The summed E-state index contributed by atoms with van der Waals surface area (Å²) in [6.07, 6.45) is 0. The Bertz CT molecular complexity index is 1080. The Morgan fingerprint density at radius 1 is 1.08 bits per heavy atom. The zero-order valence-electron chi connectivity index (χ0n) is 14.2. The van der Waals surface area contributed by atoms with Gasteiger partial charge in [0, 0.05) is 5.56 Å². The van der Waals surface area contributed by atoms with Crippen molar-refractivity contribution < 1.29 is 13.8 Å². The molecule has 3 heterocycles. The number of carbonyl (C=O) groups is 1. The molecule has 1 N–H and O–H groups in total. The molecule has 26 heavy (non-hydrogen) atoms. The van der Waals surface area contributed by atoms with E-state index in [1.54, 1.807) is 19.9 Å². The van der Waals surface area contributed by atoms with Crippen molar-refractivity contribution in [2.24, 2.45) is 0 Å². The Kier molecular flexibility index (Phi) is 3.92. The minimum Gasteiger partial charge on any atom is -0.343 e. The van der Waals surface area contributed by atoms with Gasteiger partial charge in [0.05, 0.1) is 28.9 Å². The van der Waals surface area contributed by atoms with Crippen LogP contribution in [0.15, 0.2) is 45.4 Å². The van der Waals surface area contributed by atoms with Gasteiger partial charge in [0.2, 0.25) is 5.89 Å². The SMILES string of the molecule is Cc1noc(CNC(=O)c2cc(-c3ccccc3)nc3onc(C)c23)n1. The van der Waals surface area contributed by atoms with Crippen molar-refractivity contribution in [1.82, 2.24) is 25.6 Å². The lowest BCUT2D eigenvalue weighted by atomic mass is 10.1. The Morgan fingerprint density at radius 2 is 1.88 bits per heavy atom. The van der Waals surface area contributed by atoms with Crippen molar-refractivity contribution >= 4 is 17.0 Å². The topological polar surface area (TPSA) is 107 Å². The van der Waals surface area contributed by atoms with Gasteiger partial charge in [-0.3, -0.25) is 4.79 Å². The summed E-state index contributed by atoms with van der Waals surface area (Å²) < 4.78 is 10.3. The minimum atomic E-state index is -0.295. The highest BCUT2D eigenvalue weighted by Crippen LogP contribution is 2.26. The molecule has 0 aliphatic carbocycles. The summed E-state index contributed by atoms with van der Waals surface area (Å²) in [5.74, 6) is 0.560. The number of rotatable bonds is 4. The summed E-state index contributed by atoms with van der Waals surface area (Å²) in [5, 5.41) is 11.0. The second-order valence-corrected chi connectivity index (χ2v) is 5.79. The molecule has 3 aromatic heterocycles. The fourth-order valence-corrected chi connectivity index (χ4v) is 2.69. The van der Waals surface area contributed by atoms with Gasteiger partial charge >= 0.3 is 0 Å². The maximum atomic E-state index is 12.8. The van der Waals surface area contributed by atoms with Gasteiger partial charge in [-0.1, -0.05) is 40.6 Å². The standard InChI is InChI=1S/C18H15N5O3/c1-10-16-13(17(24)19-9-15-20-11(2)23-25-15)8-14(21-18(16)26-22-10)12-6-4-3-5-7-12/h3-8H,9H2,1-2H3,(H,19,24). The summed E-state index contributed by atoms with van der Waals surface area (Å²) >= 11 is 0. The predicted molar refractivity (Wildman–Crippen MR) is 92.2 cm³/mol. The van der Waals surface area contributed by atoms with Crippen molar-refractivity contribution in [3.8, 4) is 11.3 Å². The number of fused-ring (bicyclic) bond motifs is 1. The van der Waals surface area contributed by atoms with Crippen molar-refractivity contribution in [2.75, 3.05) is 0 Å². The fourth-order valence-electron chi connectivity index (χ4n) is 2.69. The van der Waals surface area contributed by atoms with Crippen LogP contribution in [0, 0.1) is 13.8 Å². The molecular weight excluding hydrogens is 334 g/mol. The maximum Gasteiger partial charge on any atom is 0.259 e. The van der Waals surface area contributed by atoms with Gasteiger partial charge < -0.3 is 14.4 Å². The molecule has 0 aliphatic rings. The second-order valence-electron chi connectivity index (χ2n) is 5.79. The van der Waals surface area contributed by atoms with Crippen LogP contribution in [-0.4, -0.2) is 26.2 Å². The fraction of sp³-hybridized carbons (Fsp3) is 0.167. The zero-order valence-corrected chi connectivity index (χ0v) is 14.2. The number of carbonyl (C=O) groups excluding carboxylic acids is 1. The molecule has 0 spiro atoms. The number of aryl methyl sites for hydroxylation is 2. The first-order valence-electron chi connectivity index (χ1n) is 8.01. The third-order valence-electron chi connectivity index (χ3n) is 3.90. The van der Waals surface area contributed by atoms with Gasteiger partial charge in [-0.15, -0.1) is 0 Å². The van der Waals surface area contributed by atoms with Crippen molar-refractivity contribution in [2.45, 2.75) is 20.4 Å². The van der Waals surface area contributed by atoms with Crippen LogP contribution in [0.5, 0.6) is 0 Å². The number of nitrogens with zero attached hydrogens (tertiary/aromatic N) is 4. The second kappa shape index (κ2) is 6.40.